The summed E-state index contributed by atoms with van der Waals surface area (Å²) < 4.78 is 19.5. The first-order valence-corrected chi connectivity index (χ1v) is 18.5. The van der Waals surface area contributed by atoms with Crippen molar-refractivity contribution in [2.75, 3.05) is 6.61 Å². The SMILES string of the molecule is CC(C)C(C)(C)[Si](C)(C)O[C@@H]1CC2C3CCc4cc(OC5CCCCO5)ccc4C3CC[C@]2(C)C12CC2. The van der Waals surface area contributed by atoms with Gasteiger partial charge in [0.25, 0.3) is 0 Å². The first-order chi connectivity index (χ1) is 17.5. The quantitative estimate of drug-likeness (QED) is 0.348. The minimum atomic E-state index is -1.86. The Bertz CT molecular complexity index is 1000. The normalized spacial score (nSPS) is 36.7. The second-order valence-corrected chi connectivity index (χ2v) is 19.6. The molecule has 1 spiro atoms. The Kier molecular flexibility index (Phi) is 6.49. The van der Waals surface area contributed by atoms with E-state index >= 15 is 0 Å². The summed E-state index contributed by atoms with van der Waals surface area (Å²) in [4.78, 5) is 0. The second kappa shape index (κ2) is 9.09. The van der Waals surface area contributed by atoms with Crippen molar-refractivity contribution in [3.05, 3.63) is 29.3 Å². The molecule has 4 fully saturated rings. The molecule has 3 saturated carbocycles. The molecule has 5 aliphatic rings. The van der Waals surface area contributed by atoms with E-state index in [1.54, 1.807) is 5.56 Å². The zero-order valence-electron chi connectivity index (χ0n) is 24.7. The van der Waals surface area contributed by atoms with E-state index in [9.17, 15) is 0 Å². The number of benzene rings is 1. The van der Waals surface area contributed by atoms with Gasteiger partial charge in [0.2, 0.25) is 0 Å². The van der Waals surface area contributed by atoms with Crippen LogP contribution in [0.1, 0.15) is 109 Å². The number of hydrogen-bond donors (Lipinski definition) is 0. The summed E-state index contributed by atoms with van der Waals surface area (Å²) in [6, 6.07) is 7.00. The fraction of sp³-hybridized carbons (Fsp3) is 0.818. The molecule has 6 rings (SSSR count). The summed E-state index contributed by atoms with van der Waals surface area (Å²) >= 11 is 0. The van der Waals surface area contributed by atoms with Gasteiger partial charge in [-0.3, -0.25) is 0 Å². The van der Waals surface area contributed by atoms with E-state index in [0.717, 1.165) is 37.0 Å². The third-order valence-electron chi connectivity index (χ3n) is 12.9. The molecule has 0 bridgehead atoms. The Hall–Kier alpha value is -0.843. The zero-order chi connectivity index (χ0) is 26.2. The number of fused-ring (bicyclic) bond motifs is 6. The molecule has 4 heteroatoms. The van der Waals surface area contributed by atoms with Gasteiger partial charge in [0.1, 0.15) is 5.75 Å². The summed E-state index contributed by atoms with van der Waals surface area (Å²) in [6.45, 7) is 18.3. The van der Waals surface area contributed by atoms with E-state index in [2.05, 4.69) is 65.9 Å². The van der Waals surface area contributed by atoms with Gasteiger partial charge in [-0.2, -0.15) is 0 Å². The Morgan fingerprint density at radius 1 is 1.05 bits per heavy atom. The van der Waals surface area contributed by atoms with E-state index in [1.165, 1.54) is 56.9 Å². The van der Waals surface area contributed by atoms with Crippen LogP contribution in [0.5, 0.6) is 5.75 Å². The molecule has 1 aromatic rings. The lowest BCUT2D eigenvalue weighted by Gasteiger charge is -2.51. The fourth-order valence-corrected chi connectivity index (χ4v) is 11.9. The van der Waals surface area contributed by atoms with Crippen LogP contribution >= 0.6 is 0 Å². The van der Waals surface area contributed by atoms with Crippen LogP contribution < -0.4 is 4.74 Å². The van der Waals surface area contributed by atoms with Crippen molar-refractivity contribution in [3.8, 4) is 5.75 Å². The van der Waals surface area contributed by atoms with E-state index in [1.807, 2.05) is 0 Å². The molecule has 6 atom stereocenters. The summed E-state index contributed by atoms with van der Waals surface area (Å²) in [7, 11) is -1.86. The van der Waals surface area contributed by atoms with E-state index in [-0.39, 0.29) is 11.3 Å². The summed E-state index contributed by atoms with van der Waals surface area (Å²) in [6.07, 6.45) is 13.2. The molecule has 0 aromatic heterocycles. The number of hydrogen-bond acceptors (Lipinski definition) is 3. The Morgan fingerprint density at radius 3 is 2.51 bits per heavy atom. The Balaban J connectivity index is 1.22. The standard InChI is InChI=1S/C33H52O3Si/c1-22(2)31(3,4)37(6,7)36-29-21-28-27-13-11-23-20-24(35-30-10-8-9-19-34-30)12-14-25(23)26(27)15-16-32(28,5)33(29)17-18-33/h12,14,20,22,26-30H,8-11,13,15-19,21H2,1-7H3/t26?,27?,28?,29-,30?,32+/m1/s1. The molecular weight excluding hydrogens is 472 g/mol. The number of ether oxygens (including phenoxy) is 2. The molecular formula is C33H52O3Si. The Labute approximate surface area is 227 Å². The molecule has 0 amide bonds. The van der Waals surface area contributed by atoms with Crippen molar-refractivity contribution in [3.63, 3.8) is 0 Å². The molecule has 0 radical (unpaired) electrons. The maximum Gasteiger partial charge on any atom is 0.199 e. The first-order valence-electron chi connectivity index (χ1n) is 15.6. The maximum absolute atomic E-state index is 7.41. The van der Waals surface area contributed by atoms with Gasteiger partial charge < -0.3 is 13.9 Å². The molecule has 3 nitrogen and oxygen atoms in total. The second-order valence-electron chi connectivity index (χ2n) is 15.0. The van der Waals surface area contributed by atoms with E-state index in [0.29, 0.717) is 28.8 Å². The molecule has 1 saturated heterocycles. The topological polar surface area (TPSA) is 27.7 Å². The van der Waals surface area contributed by atoms with Gasteiger partial charge in [-0.15, -0.1) is 0 Å². The molecule has 4 unspecified atom stereocenters. The minimum absolute atomic E-state index is 0.0582. The predicted molar refractivity (Wildman–Crippen MR) is 154 cm³/mol. The third-order valence-corrected chi connectivity index (χ3v) is 17.5. The molecule has 1 aliphatic heterocycles. The third kappa shape index (κ3) is 4.09. The molecule has 1 aromatic carbocycles. The highest BCUT2D eigenvalue weighted by Gasteiger charge is 2.71. The smallest absolute Gasteiger partial charge is 0.199 e. The lowest BCUT2D eigenvalue weighted by atomic mass is 9.53. The van der Waals surface area contributed by atoms with Gasteiger partial charge >= 0.3 is 0 Å². The summed E-state index contributed by atoms with van der Waals surface area (Å²) in [5.74, 6) is 4.00. The van der Waals surface area contributed by atoms with E-state index in [4.69, 9.17) is 13.9 Å². The van der Waals surface area contributed by atoms with Crippen LogP contribution in [0.2, 0.25) is 18.1 Å². The predicted octanol–water partition coefficient (Wildman–Crippen LogP) is 8.86. The number of aryl methyl sites for hydroxylation is 1. The highest BCUT2D eigenvalue weighted by Crippen LogP contribution is 2.76. The summed E-state index contributed by atoms with van der Waals surface area (Å²) in [5.41, 5.74) is 4.08. The van der Waals surface area contributed by atoms with Crippen LogP contribution in [0.4, 0.5) is 0 Å². The molecule has 0 N–H and O–H groups in total. The van der Waals surface area contributed by atoms with Crippen LogP contribution in [0.25, 0.3) is 0 Å². The molecule has 37 heavy (non-hydrogen) atoms. The van der Waals surface area contributed by atoms with Crippen LogP contribution in [-0.2, 0) is 15.6 Å². The molecule has 4 aliphatic carbocycles. The highest BCUT2D eigenvalue weighted by atomic mass is 28.4. The van der Waals surface area contributed by atoms with Crippen LogP contribution in [0.3, 0.4) is 0 Å². The number of rotatable bonds is 6. The van der Waals surface area contributed by atoms with Crippen LogP contribution in [0, 0.1) is 28.6 Å². The highest BCUT2D eigenvalue weighted by molar-refractivity contribution is 6.74. The first kappa shape index (κ1) is 26.4. The van der Waals surface area contributed by atoms with Gasteiger partial charge in [0.15, 0.2) is 14.6 Å². The van der Waals surface area contributed by atoms with Gasteiger partial charge in [0, 0.05) is 11.8 Å². The van der Waals surface area contributed by atoms with Gasteiger partial charge in [0.05, 0.1) is 12.7 Å². The minimum Gasteiger partial charge on any atom is -0.465 e. The van der Waals surface area contributed by atoms with Crippen LogP contribution in [-0.4, -0.2) is 27.3 Å². The van der Waals surface area contributed by atoms with Crippen molar-refractivity contribution in [2.45, 2.75) is 135 Å². The Morgan fingerprint density at radius 2 is 1.84 bits per heavy atom. The lowest BCUT2D eigenvalue weighted by Crippen LogP contribution is -2.49. The van der Waals surface area contributed by atoms with Crippen molar-refractivity contribution >= 4 is 8.32 Å². The van der Waals surface area contributed by atoms with Crippen molar-refractivity contribution in [1.29, 1.82) is 0 Å². The van der Waals surface area contributed by atoms with Crippen LogP contribution in [0.15, 0.2) is 18.2 Å². The lowest BCUT2D eigenvalue weighted by molar-refractivity contribution is -0.105. The average molecular weight is 525 g/mol. The van der Waals surface area contributed by atoms with E-state index < -0.39 is 8.32 Å². The van der Waals surface area contributed by atoms with Gasteiger partial charge in [-0.25, -0.2) is 0 Å². The average Bonchev–Trinajstić information content (AvgIpc) is 3.64. The van der Waals surface area contributed by atoms with Crippen molar-refractivity contribution in [1.82, 2.24) is 0 Å². The van der Waals surface area contributed by atoms with Gasteiger partial charge in [-0.1, -0.05) is 40.7 Å². The van der Waals surface area contributed by atoms with Gasteiger partial charge in [-0.05, 0) is 128 Å². The monoisotopic (exact) mass is 524 g/mol. The fourth-order valence-electron chi connectivity index (χ4n) is 9.18. The molecule has 206 valence electrons. The van der Waals surface area contributed by atoms with Crippen molar-refractivity contribution in [2.24, 2.45) is 28.6 Å². The maximum atomic E-state index is 7.41. The molecule has 1 heterocycles. The van der Waals surface area contributed by atoms with Crippen molar-refractivity contribution < 1.29 is 13.9 Å². The largest absolute Gasteiger partial charge is 0.465 e. The zero-order valence-corrected chi connectivity index (χ0v) is 25.7. The summed E-state index contributed by atoms with van der Waals surface area (Å²) in [5, 5.41) is 0.284.